The number of fused-ring (bicyclic) bond motifs is 1. The molecule has 2 aromatic rings. The average molecular weight is 366 g/mol. The predicted molar refractivity (Wildman–Crippen MR) is 89.9 cm³/mol. The molecule has 2 aromatic heterocycles. The van der Waals surface area contributed by atoms with Gasteiger partial charge in [-0.1, -0.05) is 25.9 Å². The third-order valence-electron chi connectivity index (χ3n) is 4.13. The molecule has 0 aromatic carbocycles. The van der Waals surface area contributed by atoms with Crippen LogP contribution in [0.1, 0.15) is 33.4 Å². The van der Waals surface area contributed by atoms with Gasteiger partial charge in [0, 0.05) is 5.92 Å². The van der Waals surface area contributed by atoms with Crippen LogP contribution in [0.3, 0.4) is 0 Å². The second-order valence-electron chi connectivity index (χ2n) is 6.23. The number of anilines is 1. The van der Waals surface area contributed by atoms with Crippen LogP contribution in [0.5, 0.6) is 0 Å². The van der Waals surface area contributed by atoms with Crippen LogP contribution in [0.2, 0.25) is 0 Å². The first kappa shape index (κ1) is 18.0. The zero-order chi connectivity index (χ0) is 19.0. The molecular formula is C15H19FN6O4. The van der Waals surface area contributed by atoms with E-state index in [1.165, 1.54) is 10.9 Å². The van der Waals surface area contributed by atoms with Crippen molar-refractivity contribution in [3.63, 3.8) is 0 Å². The molecule has 0 radical (unpaired) electrons. The number of carbonyl (C=O) groups excluding carboxylic acids is 1. The summed E-state index contributed by atoms with van der Waals surface area (Å²) in [5.41, 5.74) is -0.679. The quantitative estimate of drug-likeness (QED) is 0.549. The number of hydrogen-bond acceptors (Lipinski definition) is 7. The summed E-state index contributed by atoms with van der Waals surface area (Å²) in [7, 11) is 0. The minimum Gasteiger partial charge on any atom is -0.411 e. The number of aromatic nitrogens is 4. The van der Waals surface area contributed by atoms with Crippen molar-refractivity contribution in [1.82, 2.24) is 19.5 Å². The Balaban J connectivity index is 2.04. The van der Waals surface area contributed by atoms with Gasteiger partial charge in [-0.25, -0.2) is 9.37 Å². The summed E-state index contributed by atoms with van der Waals surface area (Å²) in [6.45, 7) is 5.15. The van der Waals surface area contributed by atoms with Crippen molar-refractivity contribution in [3.8, 4) is 0 Å². The molecule has 0 saturated carbocycles. The van der Waals surface area contributed by atoms with Gasteiger partial charge in [0.25, 0.3) is 5.56 Å². The summed E-state index contributed by atoms with van der Waals surface area (Å²) in [5.74, 6) is -0.720. The molecule has 3 rings (SSSR count). The molecule has 1 saturated heterocycles. The Morgan fingerprint density at radius 2 is 2.31 bits per heavy atom. The fraction of sp³-hybridized carbons (Fsp3) is 0.533. The lowest BCUT2D eigenvalue weighted by Crippen LogP contribution is -2.24. The lowest BCUT2D eigenvalue weighted by Gasteiger charge is -2.15. The maximum absolute atomic E-state index is 14.7. The average Bonchev–Trinajstić information content (AvgIpc) is 3.15. The maximum Gasteiger partial charge on any atom is 0.280 e. The molecule has 26 heavy (non-hydrogen) atoms. The molecule has 1 amide bonds. The molecule has 10 nitrogen and oxygen atoms in total. The fourth-order valence-electron chi connectivity index (χ4n) is 2.69. The van der Waals surface area contributed by atoms with Crippen LogP contribution in [-0.4, -0.2) is 48.6 Å². The Bertz CT molecular complexity index is 920. The van der Waals surface area contributed by atoms with Crippen LogP contribution in [0.4, 0.5) is 10.3 Å². The van der Waals surface area contributed by atoms with Gasteiger partial charge in [-0.15, -0.1) is 0 Å². The van der Waals surface area contributed by atoms with Crippen LogP contribution >= 0.6 is 0 Å². The molecule has 1 aliphatic rings. The van der Waals surface area contributed by atoms with Crippen LogP contribution in [0, 0.1) is 5.92 Å². The monoisotopic (exact) mass is 366 g/mol. The van der Waals surface area contributed by atoms with E-state index in [-0.39, 0.29) is 34.6 Å². The number of alkyl halides is 1. The first-order valence-electron chi connectivity index (χ1n) is 8.16. The standard InChI is InChI=1S/C15H19FN6O4/c1-4-7-9(21-25)8(16)14(26-7)22-5-17-10-11(22)18-15(20-13(10)24)19-12(23)6(2)3/h5-8,14,25H,4H2,1-3H3,(H2,18,19,20,23,24)/b21-9-/t7-,8-,14-/m1/s1. The van der Waals surface area contributed by atoms with E-state index < -0.39 is 24.1 Å². The Kier molecular flexibility index (Phi) is 4.72. The van der Waals surface area contributed by atoms with E-state index in [9.17, 15) is 14.0 Å². The Morgan fingerprint density at radius 1 is 1.58 bits per heavy atom. The number of imidazole rings is 1. The Labute approximate surface area is 147 Å². The van der Waals surface area contributed by atoms with E-state index >= 15 is 0 Å². The number of ether oxygens (including phenoxy) is 1. The number of rotatable bonds is 4. The summed E-state index contributed by atoms with van der Waals surface area (Å²) in [6.07, 6.45) is -1.96. The molecule has 0 spiro atoms. The third kappa shape index (κ3) is 2.94. The number of H-pyrrole nitrogens is 1. The largest absolute Gasteiger partial charge is 0.411 e. The number of carbonyl (C=O) groups is 1. The number of amides is 1. The molecule has 0 aliphatic carbocycles. The number of oxime groups is 1. The summed E-state index contributed by atoms with van der Waals surface area (Å²) in [4.78, 5) is 34.5. The second kappa shape index (κ2) is 6.83. The van der Waals surface area contributed by atoms with Gasteiger partial charge in [-0.3, -0.25) is 24.5 Å². The molecule has 3 atom stereocenters. The molecule has 3 heterocycles. The van der Waals surface area contributed by atoms with E-state index in [2.05, 4.69) is 25.4 Å². The molecule has 0 bridgehead atoms. The lowest BCUT2D eigenvalue weighted by atomic mass is 10.1. The zero-order valence-electron chi connectivity index (χ0n) is 14.4. The summed E-state index contributed by atoms with van der Waals surface area (Å²) in [6, 6.07) is 0. The number of nitrogens with zero attached hydrogens (tertiary/aromatic N) is 4. The number of hydrogen-bond donors (Lipinski definition) is 3. The SMILES string of the molecule is CC[C@H]1O[C@@H](n2cnc3c(=O)[nH]c(NC(=O)C(C)C)nc32)[C@H](F)/C1=N\O. The Morgan fingerprint density at radius 3 is 2.88 bits per heavy atom. The zero-order valence-corrected chi connectivity index (χ0v) is 14.4. The van der Waals surface area contributed by atoms with E-state index in [1.807, 2.05) is 0 Å². The molecule has 1 fully saturated rings. The van der Waals surface area contributed by atoms with Gasteiger partial charge in [0.05, 0.1) is 6.33 Å². The van der Waals surface area contributed by atoms with Crippen LogP contribution in [0.15, 0.2) is 16.3 Å². The number of aromatic amines is 1. The Hall–Kier alpha value is -2.82. The number of halogens is 1. The summed E-state index contributed by atoms with van der Waals surface area (Å²) in [5, 5.41) is 14.5. The van der Waals surface area contributed by atoms with E-state index in [1.54, 1.807) is 20.8 Å². The first-order valence-corrected chi connectivity index (χ1v) is 8.16. The van der Waals surface area contributed by atoms with Gasteiger partial charge < -0.3 is 9.94 Å². The summed E-state index contributed by atoms with van der Waals surface area (Å²) < 4.78 is 21.5. The number of nitrogens with one attached hydrogen (secondary N) is 2. The lowest BCUT2D eigenvalue weighted by molar-refractivity contribution is -0.118. The normalized spacial score (nSPS) is 24.7. The van der Waals surface area contributed by atoms with Crippen LogP contribution in [0.25, 0.3) is 11.2 Å². The van der Waals surface area contributed by atoms with Gasteiger partial charge >= 0.3 is 0 Å². The molecular weight excluding hydrogens is 347 g/mol. The van der Waals surface area contributed by atoms with Crippen molar-refractivity contribution >= 4 is 28.7 Å². The van der Waals surface area contributed by atoms with Gasteiger partial charge in [0.2, 0.25) is 11.9 Å². The predicted octanol–water partition coefficient (Wildman–Crippen LogP) is 1.19. The van der Waals surface area contributed by atoms with Crippen LogP contribution in [-0.2, 0) is 9.53 Å². The van der Waals surface area contributed by atoms with E-state index in [0.717, 1.165) is 0 Å². The van der Waals surface area contributed by atoms with Crippen LogP contribution < -0.4 is 10.9 Å². The van der Waals surface area contributed by atoms with Crippen molar-refractivity contribution in [2.24, 2.45) is 11.1 Å². The molecule has 11 heteroatoms. The van der Waals surface area contributed by atoms with E-state index in [4.69, 9.17) is 9.94 Å². The first-order chi connectivity index (χ1) is 12.4. The van der Waals surface area contributed by atoms with Crippen molar-refractivity contribution < 1.29 is 19.1 Å². The van der Waals surface area contributed by atoms with Crippen molar-refractivity contribution in [1.29, 1.82) is 0 Å². The third-order valence-corrected chi connectivity index (χ3v) is 4.13. The van der Waals surface area contributed by atoms with Gasteiger partial charge in [0.1, 0.15) is 11.8 Å². The molecule has 0 unspecified atom stereocenters. The fourth-order valence-corrected chi connectivity index (χ4v) is 2.69. The van der Waals surface area contributed by atoms with Gasteiger partial charge in [0.15, 0.2) is 23.6 Å². The highest BCUT2D eigenvalue weighted by Gasteiger charge is 2.43. The van der Waals surface area contributed by atoms with Crippen molar-refractivity contribution in [3.05, 3.63) is 16.7 Å². The minimum atomic E-state index is -1.72. The highest BCUT2D eigenvalue weighted by molar-refractivity contribution is 5.94. The molecule has 1 aliphatic heterocycles. The molecule has 3 N–H and O–H groups in total. The topological polar surface area (TPSA) is 134 Å². The smallest absolute Gasteiger partial charge is 0.280 e. The van der Waals surface area contributed by atoms with Gasteiger partial charge in [-0.05, 0) is 6.42 Å². The van der Waals surface area contributed by atoms with Gasteiger partial charge in [-0.2, -0.15) is 4.98 Å². The second-order valence-corrected chi connectivity index (χ2v) is 6.23. The molecule has 140 valence electrons. The van der Waals surface area contributed by atoms with Crippen molar-refractivity contribution in [2.45, 2.75) is 45.7 Å². The highest BCUT2D eigenvalue weighted by atomic mass is 19.1. The van der Waals surface area contributed by atoms with E-state index in [0.29, 0.717) is 6.42 Å². The summed E-state index contributed by atoms with van der Waals surface area (Å²) >= 11 is 0. The minimum absolute atomic E-state index is 0.0224. The maximum atomic E-state index is 14.7. The highest BCUT2D eigenvalue weighted by Crippen LogP contribution is 2.32. The van der Waals surface area contributed by atoms with Crippen molar-refractivity contribution in [2.75, 3.05) is 5.32 Å².